The van der Waals surface area contributed by atoms with Gasteiger partial charge in [-0.3, -0.25) is 9.59 Å². The first kappa shape index (κ1) is 13.2. The van der Waals surface area contributed by atoms with Gasteiger partial charge in [0.1, 0.15) is 12.0 Å². The first-order chi connectivity index (χ1) is 8.24. The number of aldehydes is 1. The fourth-order valence-electron chi connectivity index (χ4n) is 1.72. The number of fused-ring (bicyclic) bond motifs is 1. The van der Waals surface area contributed by atoms with Gasteiger partial charge in [0.05, 0.1) is 12.8 Å². The fourth-order valence-corrected chi connectivity index (χ4v) is 1.72. The van der Waals surface area contributed by atoms with E-state index in [-0.39, 0.29) is 7.33 Å². The third-order valence-corrected chi connectivity index (χ3v) is 2.45. The van der Waals surface area contributed by atoms with Gasteiger partial charge in [0.15, 0.2) is 0 Å². The molecule has 0 radical (unpaired) electrons. The first-order valence-electron chi connectivity index (χ1n) is 5.70. The molecule has 0 aromatic heterocycles. The highest BCUT2D eigenvalue weighted by Gasteiger charge is 2.19. The summed E-state index contributed by atoms with van der Waals surface area (Å²) in [4.78, 5) is 21.9. The summed E-state index contributed by atoms with van der Waals surface area (Å²) in [5.74, 6) is 0.530. The molecule has 94 valence electrons. The standard InChI is InChI=1S/C11H11NO3.C2H6.H2/c1-15-9-5-7(6-13)4-8-2-3-10(14)12-11(8)9;1-2;/h4-6H,2-3H2,1H3,(H,12,14);1-2H3;1H. The molecule has 4 nitrogen and oxygen atoms in total. The Labute approximate surface area is 102 Å². The van der Waals surface area contributed by atoms with Crippen LogP contribution in [0.1, 0.15) is 37.6 Å². The SMILES string of the molecule is CC.COc1cc(C=O)cc2c1NC(=O)CC2.[HH]. The maximum atomic E-state index is 11.2. The van der Waals surface area contributed by atoms with Crippen LogP contribution in [0.25, 0.3) is 0 Å². The predicted octanol–water partition coefficient (Wildman–Crippen LogP) is 2.66. The lowest BCUT2D eigenvalue weighted by atomic mass is 10.00. The molecule has 0 saturated carbocycles. The van der Waals surface area contributed by atoms with Crippen molar-refractivity contribution in [2.45, 2.75) is 26.7 Å². The molecule has 1 aliphatic rings. The van der Waals surface area contributed by atoms with E-state index in [0.29, 0.717) is 29.8 Å². The lowest BCUT2D eigenvalue weighted by Crippen LogP contribution is -2.19. The zero-order valence-corrected chi connectivity index (χ0v) is 10.4. The van der Waals surface area contributed by atoms with E-state index in [9.17, 15) is 9.59 Å². The Morgan fingerprint density at radius 1 is 1.35 bits per heavy atom. The molecule has 1 heterocycles. The van der Waals surface area contributed by atoms with Crippen LogP contribution in [0, 0.1) is 0 Å². The Hall–Kier alpha value is -1.84. The number of nitrogens with one attached hydrogen (secondary N) is 1. The summed E-state index contributed by atoms with van der Waals surface area (Å²) in [7, 11) is 1.52. The minimum atomic E-state index is -0.0142. The molecule has 1 aliphatic heterocycles. The molecule has 0 fully saturated rings. The molecule has 0 unspecified atom stereocenters. The van der Waals surface area contributed by atoms with E-state index in [1.165, 1.54) is 7.11 Å². The zero-order chi connectivity index (χ0) is 12.8. The number of aryl methyl sites for hydroxylation is 1. The van der Waals surface area contributed by atoms with Gasteiger partial charge in [-0.05, 0) is 24.1 Å². The third kappa shape index (κ3) is 2.84. The van der Waals surface area contributed by atoms with E-state index in [1.54, 1.807) is 12.1 Å². The highest BCUT2D eigenvalue weighted by Crippen LogP contribution is 2.33. The molecule has 0 bridgehead atoms. The average Bonchev–Trinajstić information content (AvgIpc) is 2.39. The number of rotatable bonds is 2. The van der Waals surface area contributed by atoms with Crippen LogP contribution in [-0.4, -0.2) is 19.3 Å². The molecule has 2 rings (SSSR count). The van der Waals surface area contributed by atoms with Crippen LogP contribution in [0.4, 0.5) is 5.69 Å². The Morgan fingerprint density at radius 3 is 2.65 bits per heavy atom. The van der Waals surface area contributed by atoms with Crippen molar-refractivity contribution in [2.24, 2.45) is 0 Å². The Balaban J connectivity index is 0.000000917. The summed E-state index contributed by atoms with van der Waals surface area (Å²) in [6.45, 7) is 4.00. The summed E-state index contributed by atoms with van der Waals surface area (Å²) in [5, 5.41) is 2.75. The maximum Gasteiger partial charge on any atom is 0.224 e. The summed E-state index contributed by atoms with van der Waals surface area (Å²) in [6.07, 6.45) is 1.89. The second-order valence-corrected chi connectivity index (χ2v) is 3.42. The average molecular weight is 237 g/mol. The number of hydrogen-bond donors (Lipinski definition) is 1. The molecule has 0 aliphatic carbocycles. The lowest BCUT2D eigenvalue weighted by molar-refractivity contribution is -0.116. The van der Waals surface area contributed by atoms with Crippen molar-refractivity contribution in [3.63, 3.8) is 0 Å². The van der Waals surface area contributed by atoms with Crippen molar-refractivity contribution < 1.29 is 15.8 Å². The highest BCUT2D eigenvalue weighted by molar-refractivity contribution is 5.96. The smallest absolute Gasteiger partial charge is 0.224 e. The van der Waals surface area contributed by atoms with Crippen LogP contribution in [0.5, 0.6) is 5.75 Å². The van der Waals surface area contributed by atoms with E-state index in [0.717, 1.165) is 11.8 Å². The Morgan fingerprint density at radius 2 is 2.06 bits per heavy atom. The molecular formula is C13H19NO3. The predicted molar refractivity (Wildman–Crippen MR) is 68.8 cm³/mol. The molecule has 1 aromatic carbocycles. The monoisotopic (exact) mass is 237 g/mol. The van der Waals surface area contributed by atoms with Gasteiger partial charge in [-0.1, -0.05) is 13.8 Å². The molecule has 4 heteroatoms. The van der Waals surface area contributed by atoms with Gasteiger partial charge >= 0.3 is 0 Å². The molecule has 1 amide bonds. The number of ether oxygens (including phenoxy) is 1. The number of carbonyl (C=O) groups is 2. The first-order valence-corrected chi connectivity index (χ1v) is 5.70. The van der Waals surface area contributed by atoms with Gasteiger partial charge in [0, 0.05) is 13.4 Å². The minimum absolute atomic E-state index is 0. The van der Waals surface area contributed by atoms with Gasteiger partial charge in [-0.2, -0.15) is 0 Å². The van der Waals surface area contributed by atoms with Gasteiger partial charge in [-0.25, -0.2) is 0 Å². The molecule has 17 heavy (non-hydrogen) atoms. The summed E-state index contributed by atoms with van der Waals surface area (Å²) < 4.78 is 5.13. The summed E-state index contributed by atoms with van der Waals surface area (Å²) >= 11 is 0. The number of hydrogen-bond acceptors (Lipinski definition) is 3. The number of anilines is 1. The van der Waals surface area contributed by atoms with E-state index in [1.807, 2.05) is 13.8 Å². The molecule has 0 saturated heterocycles. The van der Waals surface area contributed by atoms with Crippen LogP contribution in [0.15, 0.2) is 12.1 Å². The second kappa shape index (κ2) is 6.03. The third-order valence-electron chi connectivity index (χ3n) is 2.45. The van der Waals surface area contributed by atoms with Gasteiger partial charge in [0.25, 0.3) is 0 Å². The molecular weight excluding hydrogens is 218 g/mol. The van der Waals surface area contributed by atoms with Gasteiger partial charge in [-0.15, -0.1) is 0 Å². The topological polar surface area (TPSA) is 55.4 Å². The van der Waals surface area contributed by atoms with E-state index in [4.69, 9.17) is 4.74 Å². The maximum absolute atomic E-state index is 11.2. The van der Waals surface area contributed by atoms with E-state index in [2.05, 4.69) is 5.32 Å². The Bertz CT molecular complexity index is 415. The van der Waals surface area contributed by atoms with E-state index >= 15 is 0 Å². The van der Waals surface area contributed by atoms with Crippen molar-refractivity contribution in [3.8, 4) is 5.75 Å². The largest absolute Gasteiger partial charge is 0.495 e. The van der Waals surface area contributed by atoms with Crippen LogP contribution < -0.4 is 10.1 Å². The molecule has 0 atom stereocenters. The quantitative estimate of drug-likeness (QED) is 0.804. The zero-order valence-electron chi connectivity index (χ0n) is 10.4. The minimum Gasteiger partial charge on any atom is -0.495 e. The number of methoxy groups -OCH3 is 1. The van der Waals surface area contributed by atoms with Crippen molar-refractivity contribution in [1.29, 1.82) is 0 Å². The lowest BCUT2D eigenvalue weighted by Gasteiger charge is -2.19. The molecule has 0 spiro atoms. The second-order valence-electron chi connectivity index (χ2n) is 3.42. The van der Waals surface area contributed by atoms with Crippen LogP contribution in [0.2, 0.25) is 0 Å². The van der Waals surface area contributed by atoms with E-state index < -0.39 is 0 Å². The number of carbonyl (C=O) groups excluding carboxylic acids is 2. The van der Waals surface area contributed by atoms with Crippen molar-refractivity contribution in [2.75, 3.05) is 12.4 Å². The van der Waals surface area contributed by atoms with Crippen LogP contribution in [-0.2, 0) is 11.2 Å². The number of benzene rings is 1. The van der Waals surface area contributed by atoms with Crippen LogP contribution in [0.3, 0.4) is 0 Å². The fraction of sp³-hybridized carbons (Fsp3) is 0.385. The molecule has 1 N–H and O–H groups in total. The van der Waals surface area contributed by atoms with Crippen molar-refractivity contribution in [1.82, 2.24) is 0 Å². The molecule has 1 aromatic rings. The summed E-state index contributed by atoms with van der Waals surface area (Å²) in [6, 6.07) is 3.40. The Kier molecular flexibility index (Phi) is 4.69. The highest BCUT2D eigenvalue weighted by atomic mass is 16.5. The van der Waals surface area contributed by atoms with Gasteiger partial charge in [0.2, 0.25) is 5.91 Å². The van der Waals surface area contributed by atoms with Gasteiger partial charge < -0.3 is 10.1 Å². The van der Waals surface area contributed by atoms with Crippen LogP contribution >= 0.6 is 0 Å². The normalized spacial score (nSPS) is 12.8. The van der Waals surface area contributed by atoms with Crippen molar-refractivity contribution >= 4 is 17.9 Å². The van der Waals surface area contributed by atoms with Crippen molar-refractivity contribution in [3.05, 3.63) is 23.3 Å². The summed E-state index contributed by atoms with van der Waals surface area (Å²) in [5.41, 5.74) is 2.22. The number of amides is 1.